The number of nitrogens with zero attached hydrogens (tertiary/aromatic N) is 2. The van der Waals surface area contributed by atoms with E-state index in [0.717, 1.165) is 10.9 Å². The van der Waals surface area contributed by atoms with Crippen molar-refractivity contribution in [3.05, 3.63) is 53.9 Å². The van der Waals surface area contributed by atoms with E-state index in [4.69, 9.17) is 10.2 Å². The zero-order valence-corrected chi connectivity index (χ0v) is 10.1. The van der Waals surface area contributed by atoms with Crippen molar-refractivity contribution in [1.82, 2.24) is 4.98 Å². The number of pyridine rings is 1. The number of benzene rings is 1. The fraction of sp³-hybridized carbons (Fsp3) is 0.0667. The third kappa shape index (κ3) is 1.96. The molecule has 2 N–H and O–H groups in total. The smallest absolute Gasteiger partial charge is 0.152 e. The molecule has 0 amide bonds. The molecule has 3 rings (SSSR count). The van der Waals surface area contributed by atoms with E-state index in [-0.39, 0.29) is 0 Å². The summed E-state index contributed by atoms with van der Waals surface area (Å²) in [4.78, 5) is 4.35. The molecule has 0 bridgehead atoms. The average Bonchev–Trinajstić information content (AvgIpc) is 2.94. The molecule has 92 valence electrons. The fourth-order valence-corrected chi connectivity index (χ4v) is 2.02. The van der Waals surface area contributed by atoms with Crippen LogP contribution in [-0.2, 0) is 6.54 Å². The maximum Gasteiger partial charge on any atom is 0.152 e. The Labute approximate surface area is 110 Å². The van der Waals surface area contributed by atoms with Crippen molar-refractivity contribution in [2.75, 3.05) is 0 Å². The summed E-state index contributed by atoms with van der Waals surface area (Å²) in [5, 5.41) is 10.2. The Bertz CT molecular complexity index is 783. The van der Waals surface area contributed by atoms with Gasteiger partial charge in [-0.15, -0.1) is 0 Å². The largest absolute Gasteiger partial charge is 0.460 e. The summed E-state index contributed by atoms with van der Waals surface area (Å²) in [6.07, 6.45) is 0. The Morgan fingerprint density at radius 1 is 1.21 bits per heavy atom. The van der Waals surface area contributed by atoms with Crippen molar-refractivity contribution in [1.29, 1.82) is 5.26 Å². The molecule has 2 aromatic heterocycles. The van der Waals surface area contributed by atoms with E-state index in [1.165, 1.54) is 0 Å². The molecule has 0 fully saturated rings. The van der Waals surface area contributed by atoms with E-state index in [2.05, 4.69) is 11.1 Å². The molecule has 3 aromatic rings. The van der Waals surface area contributed by atoms with Gasteiger partial charge in [0, 0.05) is 5.39 Å². The average molecular weight is 249 g/mol. The first-order valence-corrected chi connectivity index (χ1v) is 5.91. The molecule has 4 heteroatoms. The van der Waals surface area contributed by atoms with E-state index in [0.29, 0.717) is 29.3 Å². The molecule has 0 aliphatic carbocycles. The summed E-state index contributed by atoms with van der Waals surface area (Å²) >= 11 is 0. The second-order valence-electron chi connectivity index (χ2n) is 4.16. The Morgan fingerprint density at radius 2 is 2.05 bits per heavy atom. The van der Waals surface area contributed by atoms with Crippen molar-refractivity contribution in [2.45, 2.75) is 6.54 Å². The molecule has 0 saturated heterocycles. The summed E-state index contributed by atoms with van der Waals surface area (Å²) in [6.45, 7) is 0.336. The number of nitriles is 1. The lowest BCUT2D eigenvalue weighted by Gasteiger charge is -2.03. The summed E-state index contributed by atoms with van der Waals surface area (Å²) < 4.78 is 5.59. The van der Waals surface area contributed by atoms with Gasteiger partial charge in [0.05, 0.1) is 17.6 Å². The molecule has 0 unspecified atom stereocenters. The summed E-state index contributed by atoms with van der Waals surface area (Å²) in [6, 6.07) is 15.3. The number of aromatic nitrogens is 1. The second-order valence-corrected chi connectivity index (χ2v) is 4.16. The number of furan rings is 1. The van der Waals surface area contributed by atoms with Crippen LogP contribution in [0.5, 0.6) is 0 Å². The van der Waals surface area contributed by atoms with Gasteiger partial charge in [-0.25, -0.2) is 4.98 Å². The summed E-state index contributed by atoms with van der Waals surface area (Å²) in [5.41, 5.74) is 7.38. The highest BCUT2D eigenvalue weighted by Crippen LogP contribution is 2.27. The van der Waals surface area contributed by atoms with E-state index in [9.17, 15) is 5.26 Å². The van der Waals surface area contributed by atoms with Crippen molar-refractivity contribution in [2.24, 2.45) is 5.73 Å². The molecule has 4 nitrogen and oxygen atoms in total. The van der Waals surface area contributed by atoms with Crippen LogP contribution in [0.25, 0.3) is 22.2 Å². The van der Waals surface area contributed by atoms with Crippen molar-refractivity contribution < 1.29 is 4.42 Å². The van der Waals surface area contributed by atoms with Gasteiger partial charge in [-0.05, 0) is 24.3 Å². The van der Waals surface area contributed by atoms with Crippen molar-refractivity contribution in [3.8, 4) is 17.4 Å². The summed E-state index contributed by atoms with van der Waals surface area (Å²) in [5.74, 6) is 1.31. The minimum atomic E-state index is 0.336. The van der Waals surface area contributed by atoms with Gasteiger partial charge in [0.15, 0.2) is 5.69 Å². The van der Waals surface area contributed by atoms with E-state index in [1.807, 2.05) is 42.5 Å². The first-order chi connectivity index (χ1) is 9.31. The van der Waals surface area contributed by atoms with Gasteiger partial charge in [0.1, 0.15) is 17.6 Å². The highest BCUT2D eigenvalue weighted by Gasteiger charge is 2.12. The molecule has 0 aliphatic rings. The fourth-order valence-electron chi connectivity index (χ4n) is 2.02. The van der Waals surface area contributed by atoms with Crippen LogP contribution in [0.4, 0.5) is 0 Å². The van der Waals surface area contributed by atoms with Gasteiger partial charge >= 0.3 is 0 Å². The van der Waals surface area contributed by atoms with Crippen LogP contribution < -0.4 is 5.73 Å². The molecule has 0 aliphatic heterocycles. The number of para-hydroxylation sites is 1. The zero-order chi connectivity index (χ0) is 13.2. The highest BCUT2D eigenvalue weighted by atomic mass is 16.3. The third-order valence-corrected chi connectivity index (χ3v) is 2.96. The number of rotatable bonds is 2. The van der Waals surface area contributed by atoms with Gasteiger partial charge in [-0.2, -0.15) is 5.26 Å². The molecule has 0 radical (unpaired) electrons. The number of nitrogens with two attached hydrogens (primary N) is 1. The maximum atomic E-state index is 9.22. The van der Waals surface area contributed by atoms with Gasteiger partial charge < -0.3 is 10.2 Å². The third-order valence-electron chi connectivity index (χ3n) is 2.96. The van der Waals surface area contributed by atoms with E-state index in [1.54, 1.807) is 0 Å². The molecule has 0 spiro atoms. The second kappa shape index (κ2) is 4.56. The minimum absolute atomic E-state index is 0.336. The molecule has 1 aromatic carbocycles. The maximum absolute atomic E-state index is 9.22. The lowest BCUT2D eigenvalue weighted by Crippen LogP contribution is -1.93. The SMILES string of the molecule is N#Cc1nc2ccccc2cc1-c1ccc(CN)o1. The Morgan fingerprint density at radius 3 is 2.79 bits per heavy atom. The molecular weight excluding hydrogens is 238 g/mol. The standard InChI is InChI=1S/C15H11N3O/c16-8-11-5-6-15(19-11)12-7-10-3-1-2-4-13(10)18-14(12)9-17/h1-7H,8,16H2. The van der Waals surface area contributed by atoms with Crippen LogP contribution in [0.3, 0.4) is 0 Å². The first-order valence-electron chi connectivity index (χ1n) is 5.91. The number of fused-ring (bicyclic) bond motifs is 1. The molecule has 2 heterocycles. The Balaban J connectivity index is 2.24. The van der Waals surface area contributed by atoms with Crippen LogP contribution >= 0.6 is 0 Å². The normalized spacial score (nSPS) is 10.5. The molecular formula is C15H11N3O. The first kappa shape index (κ1) is 11.5. The van der Waals surface area contributed by atoms with Crippen LogP contribution in [0, 0.1) is 11.3 Å². The van der Waals surface area contributed by atoms with Crippen LogP contribution in [-0.4, -0.2) is 4.98 Å². The highest BCUT2D eigenvalue weighted by molar-refractivity contribution is 5.84. The Hall–Kier alpha value is -2.64. The predicted octanol–water partition coefficient (Wildman–Crippen LogP) is 2.83. The number of hydrogen-bond acceptors (Lipinski definition) is 4. The van der Waals surface area contributed by atoms with Gasteiger partial charge in [-0.3, -0.25) is 0 Å². The van der Waals surface area contributed by atoms with Crippen molar-refractivity contribution in [3.63, 3.8) is 0 Å². The van der Waals surface area contributed by atoms with Crippen LogP contribution in [0.2, 0.25) is 0 Å². The lowest BCUT2D eigenvalue weighted by molar-refractivity contribution is 0.525. The zero-order valence-electron chi connectivity index (χ0n) is 10.1. The van der Waals surface area contributed by atoms with Crippen molar-refractivity contribution >= 4 is 10.9 Å². The van der Waals surface area contributed by atoms with Gasteiger partial charge in [0.25, 0.3) is 0 Å². The van der Waals surface area contributed by atoms with E-state index >= 15 is 0 Å². The van der Waals surface area contributed by atoms with Crippen LogP contribution in [0.1, 0.15) is 11.5 Å². The Kier molecular flexibility index (Phi) is 2.75. The topological polar surface area (TPSA) is 75.8 Å². The quantitative estimate of drug-likeness (QED) is 0.757. The van der Waals surface area contributed by atoms with Gasteiger partial charge in [0.2, 0.25) is 0 Å². The minimum Gasteiger partial charge on any atom is -0.460 e. The van der Waals surface area contributed by atoms with E-state index < -0.39 is 0 Å². The molecule has 0 atom stereocenters. The number of hydrogen-bond donors (Lipinski definition) is 1. The molecule has 0 saturated carbocycles. The predicted molar refractivity (Wildman–Crippen MR) is 72.1 cm³/mol. The summed E-state index contributed by atoms with van der Waals surface area (Å²) in [7, 11) is 0. The molecule has 19 heavy (non-hydrogen) atoms. The van der Waals surface area contributed by atoms with Crippen LogP contribution in [0.15, 0.2) is 46.9 Å². The monoisotopic (exact) mass is 249 g/mol. The van der Waals surface area contributed by atoms with Gasteiger partial charge in [-0.1, -0.05) is 18.2 Å². The lowest BCUT2D eigenvalue weighted by atomic mass is 10.1.